The summed E-state index contributed by atoms with van der Waals surface area (Å²) in [6, 6.07) is 4.51. The highest BCUT2D eigenvalue weighted by Gasteiger charge is 2.54. The lowest BCUT2D eigenvalue weighted by Gasteiger charge is -2.56. The molecule has 0 aromatic carbocycles. The molecule has 1 aliphatic carbocycles. The molecule has 1 aromatic rings. The van der Waals surface area contributed by atoms with Crippen LogP contribution in [-0.2, 0) is 11.2 Å². The van der Waals surface area contributed by atoms with Gasteiger partial charge in [-0.1, -0.05) is 26.8 Å². The van der Waals surface area contributed by atoms with E-state index in [-0.39, 0.29) is 35.5 Å². The Morgan fingerprint density at radius 2 is 2.24 bits per heavy atom. The summed E-state index contributed by atoms with van der Waals surface area (Å²) in [5.41, 5.74) is 6.08. The van der Waals surface area contributed by atoms with Gasteiger partial charge >= 0.3 is 0 Å². The van der Waals surface area contributed by atoms with Crippen molar-refractivity contribution in [2.75, 3.05) is 13.7 Å². The van der Waals surface area contributed by atoms with Gasteiger partial charge in [0.05, 0.1) is 6.10 Å². The van der Waals surface area contributed by atoms with E-state index in [9.17, 15) is 0 Å². The van der Waals surface area contributed by atoms with Crippen LogP contribution in [0.2, 0.25) is 0 Å². The van der Waals surface area contributed by atoms with Crippen LogP contribution >= 0.6 is 35.3 Å². The summed E-state index contributed by atoms with van der Waals surface area (Å²) in [5, 5.41) is 5.44. The SMILES string of the molecule is COC1C(C)C(NC(N)=NCCc2cccs2)C1(C)C.I. The lowest BCUT2D eigenvalue weighted by molar-refractivity contribution is -0.139. The van der Waals surface area contributed by atoms with Gasteiger partial charge in [0.1, 0.15) is 0 Å². The van der Waals surface area contributed by atoms with E-state index in [4.69, 9.17) is 10.5 Å². The van der Waals surface area contributed by atoms with Gasteiger partial charge in [-0.05, 0) is 11.4 Å². The smallest absolute Gasteiger partial charge is 0.188 e. The van der Waals surface area contributed by atoms with Crippen molar-refractivity contribution in [3.05, 3.63) is 22.4 Å². The maximum atomic E-state index is 6.00. The molecule has 4 nitrogen and oxygen atoms in total. The van der Waals surface area contributed by atoms with Crippen LogP contribution in [0.25, 0.3) is 0 Å². The number of halogens is 1. The number of thiophene rings is 1. The van der Waals surface area contributed by atoms with Crippen molar-refractivity contribution in [2.45, 2.75) is 39.3 Å². The van der Waals surface area contributed by atoms with Crippen molar-refractivity contribution in [3.8, 4) is 0 Å². The van der Waals surface area contributed by atoms with Gasteiger partial charge in [-0.25, -0.2) is 0 Å². The zero-order valence-electron chi connectivity index (χ0n) is 13.1. The molecule has 3 atom stereocenters. The summed E-state index contributed by atoms with van der Waals surface area (Å²) in [5.74, 6) is 0.988. The van der Waals surface area contributed by atoms with Crippen LogP contribution in [-0.4, -0.2) is 31.8 Å². The molecule has 1 aliphatic rings. The minimum atomic E-state index is 0. The minimum Gasteiger partial charge on any atom is -0.380 e. The molecule has 3 unspecified atom stereocenters. The van der Waals surface area contributed by atoms with Crippen molar-refractivity contribution in [1.82, 2.24) is 5.32 Å². The number of ether oxygens (including phenoxy) is 1. The van der Waals surface area contributed by atoms with Crippen LogP contribution < -0.4 is 11.1 Å². The second-order valence-corrected chi connectivity index (χ2v) is 7.09. The van der Waals surface area contributed by atoms with Crippen molar-refractivity contribution in [3.63, 3.8) is 0 Å². The molecular weight excluding hydrogens is 397 g/mol. The molecule has 0 aliphatic heterocycles. The topological polar surface area (TPSA) is 59.6 Å². The monoisotopic (exact) mass is 423 g/mol. The number of rotatable bonds is 5. The van der Waals surface area contributed by atoms with Crippen LogP contribution in [0.1, 0.15) is 25.6 Å². The molecule has 1 aromatic heterocycles. The first-order valence-electron chi connectivity index (χ1n) is 7.08. The van der Waals surface area contributed by atoms with E-state index in [0.717, 1.165) is 13.0 Å². The molecule has 6 heteroatoms. The van der Waals surface area contributed by atoms with Crippen molar-refractivity contribution in [2.24, 2.45) is 22.1 Å². The van der Waals surface area contributed by atoms with Gasteiger partial charge in [-0.3, -0.25) is 4.99 Å². The Morgan fingerprint density at radius 3 is 2.76 bits per heavy atom. The molecule has 2 rings (SSSR count). The number of nitrogens with one attached hydrogen (secondary N) is 1. The van der Waals surface area contributed by atoms with Crippen LogP contribution in [0.4, 0.5) is 0 Å². The molecule has 21 heavy (non-hydrogen) atoms. The van der Waals surface area contributed by atoms with E-state index < -0.39 is 0 Å². The first-order valence-corrected chi connectivity index (χ1v) is 7.96. The highest BCUT2D eigenvalue weighted by molar-refractivity contribution is 14.0. The molecule has 1 fully saturated rings. The average molecular weight is 423 g/mol. The maximum absolute atomic E-state index is 6.00. The summed E-state index contributed by atoms with van der Waals surface area (Å²) >= 11 is 1.76. The van der Waals surface area contributed by atoms with Crippen LogP contribution in [0, 0.1) is 11.3 Å². The van der Waals surface area contributed by atoms with Gasteiger partial charge in [0.15, 0.2) is 5.96 Å². The molecule has 0 amide bonds. The van der Waals surface area contributed by atoms with Gasteiger partial charge in [0.2, 0.25) is 0 Å². The molecule has 0 radical (unpaired) electrons. The fourth-order valence-corrected chi connectivity index (χ4v) is 4.07. The van der Waals surface area contributed by atoms with Gasteiger partial charge in [0.25, 0.3) is 0 Å². The van der Waals surface area contributed by atoms with Crippen LogP contribution in [0.5, 0.6) is 0 Å². The predicted molar refractivity (Wildman–Crippen MR) is 101 cm³/mol. The van der Waals surface area contributed by atoms with Gasteiger partial charge in [-0.15, -0.1) is 35.3 Å². The standard InChI is InChI=1S/C15H25N3OS.HI/c1-10-12(15(2,3)13(10)19-4)18-14(16)17-8-7-11-6-5-9-20-11;/h5-6,9-10,12-13H,7-8H2,1-4H3,(H3,16,17,18);1H. The summed E-state index contributed by atoms with van der Waals surface area (Å²) in [4.78, 5) is 5.77. The van der Waals surface area contributed by atoms with E-state index in [2.05, 4.69) is 48.6 Å². The Bertz CT molecular complexity index is 461. The van der Waals surface area contributed by atoms with E-state index >= 15 is 0 Å². The summed E-state index contributed by atoms with van der Waals surface area (Å²) in [6.45, 7) is 7.33. The van der Waals surface area contributed by atoms with Crippen LogP contribution in [0.3, 0.4) is 0 Å². The fraction of sp³-hybridized carbons (Fsp3) is 0.667. The fourth-order valence-electron chi connectivity index (χ4n) is 3.37. The molecular formula is C15H26IN3OS. The quantitative estimate of drug-likeness (QED) is 0.435. The molecule has 0 bridgehead atoms. The number of hydrogen-bond donors (Lipinski definition) is 2. The third kappa shape index (κ3) is 4.10. The molecule has 1 saturated carbocycles. The zero-order valence-corrected chi connectivity index (χ0v) is 16.3. The first-order chi connectivity index (χ1) is 9.46. The maximum Gasteiger partial charge on any atom is 0.188 e. The predicted octanol–water partition coefficient (Wildman–Crippen LogP) is 2.87. The zero-order chi connectivity index (χ0) is 14.8. The van der Waals surface area contributed by atoms with Gasteiger partial charge in [-0.2, -0.15) is 0 Å². The Labute approximate surface area is 148 Å². The van der Waals surface area contributed by atoms with E-state index in [1.807, 2.05) is 0 Å². The van der Waals surface area contributed by atoms with Crippen molar-refractivity contribution in [1.29, 1.82) is 0 Å². The molecule has 0 spiro atoms. The first kappa shape index (κ1) is 18.7. The highest BCUT2D eigenvalue weighted by Crippen LogP contribution is 2.46. The van der Waals surface area contributed by atoms with Crippen molar-refractivity contribution < 1.29 is 4.74 Å². The van der Waals surface area contributed by atoms with E-state index in [1.165, 1.54) is 4.88 Å². The van der Waals surface area contributed by atoms with E-state index in [0.29, 0.717) is 17.9 Å². The minimum absolute atomic E-state index is 0. The number of methoxy groups -OCH3 is 1. The number of nitrogens with zero attached hydrogens (tertiary/aromatic N) is 1. The highest BCUT2D eigenvalue weighted by atomic mass is 127. The Balaban J connectivity index is 0.00000220. The molecule has 3 N–H and O–H groups in total. The molecule has 1 heterocycles. The third-order valence-corrected chi connectivity index (χ3v) is 5.25. The summed E-state index contributed by atoms with van der Waals surface area (Å²) in [6.07, 6.45) is 1.23. The largest absolute Gasteiger partial charge is 0.380 e. The lowest BCUT2D eigenvalue weighted by atomic mass is 9.58. The van der Waals surface area contributed by atoms with Gasteiger partial charge < -0.3 is 15.8 Å². The number of hydrogen-bond acceptors (Lipinski definition) is 3. The van der Waals surface area contributed by atoms with E-state index in [1.54, 1.807) is 18.4 Å². The Morgan fingerprint density at radius 1 is 1.52 bits per heavy atom. The molecule has 120 valence electrons. The third-order valence-electron chi connectivity index (χ3n) is 4.32. The average Bonchev–Trinajstić information content (AvgIpc) is 2.89. The summed E-state index contributed by atoms with van der Waals surface area (Å²) in [7, 11) is 1.78. The van der Waals surface area contributed by atoms with Crippen LogP contribution in [0.15, 0.2) is 22.5 Å². The number of guanidine groups is 1. The Kier molecular flexibility index (Phi) is 6.93. The lowest BCUT2D eigenvalue weighted by Crippen LogP contribution is -2.68. The normalized spacial score (nSPS) is 27.6. The van der Waals surface area contributed by atoms with Gasteiger partial charge in [0, 0.05) is 42.3 Å². The van der Waals surface area contributed by atoms with Crippen molar-refractivity contribution >= 4 is 41.3 Å². The Hall–Kier alpha value is -0.340. The second-order valence-electron chi connectivity index (χ2n) is 6.06. The number of nitrogens with two attached hydrogens (primary N) is 1. The second kappa shape index (κ2) is 7.78. The molecule has 0 saturated heterocycles. The number of aliphatic imine (C=N–C) groups is 1. The summed E-state index contributed by atoms with van der Waals surface area (Å²) < 4.78 is 5.54.